The van der Waals surface area contributed by atoms with Gasteiger partial charge in [-0.3, -0.25) is 9.13 Å². The van der Waals surface area contributed by atoms with Crippen LogP contribution in [-0.2, 0) is 0 Å². The fourth-order valence-corrected chi connectivity index (χ4v) is 17.3. The van der Waals surface area contributed by atoms with Gasteiger partial charge in [0.15, 0.2) is 13.9 Å². The van der Waals surface area contributed by atoms with Crippen molar-refractivity contribution in [3.05, 3.63) is 272 Å². The lowest BCUT2D eigenvalue weighted by Gasteiger charge is -2.35. The van der Waals surface area contributed by atoms with Crippen LogP contribution in [0.5, 0.6) is 0 Å². The van der Waals surface area contributed by atoms with Crippen molar-refractivity contribution in [1.29, 1.82) is 0 Å². The summed E-state index contributed by atoms with van der Waals surface area (Å²) in [6.45, 7) is 2.15. The third kappa shape index (κ3) is 6.67. The van der Waals surface area contributed by atoms with Crippen LogP contribution < -0.4 is 20.7 Å². The Bertz CT molecular complexity index is 4510. The third-order valence-electron chi connectivity index (χ3n) is 15.8. The first kappa shape index (κ1) is 43.8. The van der Waals surface area contributed by atoms with Crippen molar-refractivity contribution in [1.82, 2.24) is 24.1 Å². The normalized spacial score (nSPS) is 12.0. The van der Waals surface area contributed by atoms with Crippen LogP contribution in [0.4, 0.5) is 0 Å². The molecule has 0 bridgehead atoms. The van der Waals surface area contributed by atoms with E-state index in [1.165, 1.54) is 70.8 Å². The van der Waals surface area contributed by atoms with E-state index in [4.69, 9.17) is 15.0 Å². The Labute approximate surface area is 441 Å². The molecule has 11 aromatic carbocycles. The summed E-state index contributed by atoms with van der Waals surface area (Å²) in [7, 11) is -3.20. The first-order valence-corrected chi connectivity index (χ1v) is 28.0. The predicted molar refractivity (Wildman–Crippen MR) is 318 cm³/mol. The summed E-state index contributed by atoms with van der Waals surface area (Å²) < 4.78 is 4.43. The SMILES string of the molecule is Cc1ccc2c(c1)c1ccccc1n2-c1nc(-c2cccc([Si](c3ccccc3)(c3ccccc3)c3ccc4c(c3)-c3ccccc3-c3ccccc3-c3ccccc3-4)c2)nc(-n2c3ccccc3c3ccccc32)n1. The number of hydrogen-bond donors (Lipinski definition) is 0. The number of aromatic nitrogens is 5. The smallest absolute Gasteiger partial charge is 0.240 e. The van der Waals surface area contributed by atoms with Crippen molar-refractivity contribution >= 4 is 72.4 Å². The van der Waals surface area contributed by atoms with Crippen LogP contribution >= 0.6 is 0 Å². The Morgan fingerprint density at radius 2 is 0.671 bits per heavy atom. The topological polar surface area (TPSA) is 48.5 Å². The zero-order valence-corrected chi connectivity index (χ0v) is 42.6. The van der Waals surface area contributed by atoms with Crippen LogP contribution in [-0.4, -0.2) is 32.2 Å². The Balaban J connectivity index is 1.01. The van der Waals surface area contributed by atoms with E-state index in [1.807, 2.05) is 0 Å². The number of para-hydroxylation sites is 3. The van der Waals surface area contributed by atoms with E-state index in [9.17, 15) is 0 Å². The maximum absolute atomic E-state index is 5.56. The van der Waals surface area contributed by atoms with Crippen LogP contribution in [0.3, 0.4) is 0 Å². The number of benzene rings is 11. The number of rotatable bonds is 7. The average molecular weight is 986 g/mol. The molecule has 0 aliphatic heterocycles. The van der Waals surface area contributed by atoms with E-state index in [1.54, 1.807) is 0 Å². The van der Waals surface area contributed by atoms with Crippen molar-refractivity contribution in [3.63, 3.8) is 0 Å². The lowest BCUT2D eigenvalue weighted by atomic mass is 9.81. The molecule has 0 atom stereocenters. The maximum Gasteiger partial charge on any atom is 0.240 e. The van der Waals surface area contributed by atoms with Gasteiger partial charge in [-0.25, -0.2) is 0 Å². The van der Waals surface area contributed by atoms with Crippen molar-refractivity contribution in [2.24, 2.45) is 0 Å². The fourth-order valence-electron chi connectivity index (χ4n) is 12.5. The summed E-state index contributed by atoms with van der Waals surface area (Å²) in [5.41, 5.74) is 16.1. The highest BCUT2D eigenvalue weighted by Crippen LogP contribution is 2.47. The minimum absolute atomic E-state index is 0.553. The van der Waals surface area contributed by atoms with Gasteiger partial charge in [0, 0.05) is 27.1 Å². The first-order chi connectivity index (χ1) is 37.6. The molecule has 0 spiro atoms. The standard InChI is InChI=1S/C70H47N5Si/c1-46-39-42-67-63(43-46)61-35-16-19-38-66(61)75(67)70-72-68(71-69(73-70)74-64-36-17-14-33-59(64)60-34-15-18-37-65(60)74)47-21-20-26-50(44-47)76(48-22-4-2-5-23-48,49-24-6-3-7-25-49)51-40-41-58-56-31-11-10-29-54(56)52-27-8-9-28-53(52)55-30-12-13-32-57(55)62(58)45-51/h2-45H,1H3. The molecule has 0 N–H and O–H groups in total. The molecule has 0 amide bonds. The molecule has 3 heterocycles. The van der Waals surface area contributed by atoms with Gasteiger partial charge in [-0.2, -0.15) is 15.0 Å². The van der Waals surface area contributed by atoms with Crippen molar-refractivity contribution in [2.75, 3.05) is 0 Å². The summed E-state index contributed by atoms with van der Waals surface area (Å²) in [6, 6.07) is 98.0. The zero-order valence-electron chi connectivity index (χ0n) is 41.6. The van der Waals surface area contributed by atoms with Crippen molar-refractivity contribution < 1.29 is 0 Å². The largest absolute Gasteiger partial charge is 0.278 e. The average Bonchev–Trinajstić information content (AvgIpc) is 4.00. The van der Waals surface area contributed by atoms with Crippen LogP contribution in [0.15, 0.2) is 267 Å². The first-order valence-electron chi connectivity index (χ1n) is 26.0. The van der Waals surface area contributed by atoms with Gasteiger partial charge in [0.1, 0.15) is 0 Å². The number of hydrogen-bond acceptors (Lipinski definition) is 3. The van der Waals surface area contributed by atoms with Gasteiger partial charge in [-0.15, -0.1) is 0 Å². The summed E-state index contributed by atoms with van der Waals surface area (Å²) >= 11 is 0. The molecule has 0 fully saturated rings. The minimum Gasteiger partial charge on any atom is -0.278 e. The van der Waals surface area contributed by atoms with Gasteiger partial charge in [-0.05, 0) is 103 Å². The molecule has 76 heavy (non-hydrogen) atoms. The van der Waals surface area contributed by atoms with Crippen molar-refractivity contribution in [3.8, 4) is 67.8 Å². The molecule has 0 saturated carbocycles. The Kier molecular flexibility index (Phi) is 10.1. The summed E-state index contributed by atoms with van der Waals surface area (Å²) in [5.74, 6) is 1.70. The molecule has 15 rings (SSSR count). The predicted octanol–water partition coefficient (Wildman–Crippen LogP) is 14.4. The fraction of sp³-hybridized carbons (Fsp3) is 0.0143. The Hall–Kier alpha value is -9.75. The van der Waals surface area contributed by atoms with Gasteiger partial charge in [0.05, 0.1) is 22.1 Å². The summed E-state index contributed by atoms with van der Waals surface area (Å²) in [4.78, 5) is 16.6. The van der Waals surface area contributed by atoms with Crippen molar-refractivity contribution in [2.45, 2.75) is 6.92 Å². The molecule has 14 aromatic rings. The van der Waals surface area contributed by atoms with E-state index in [-0.39, 0.29) is 0 Å². The van der Waals surface area contributed by atoms with Crippen LogP contribution in [0.25, 0.3) is 111 Å². The highest BCUT2D eigenvalue weighted by Gasteiger charge is 2.42. The summed E-state index contributed by atoms with van der Waals surface area (Å²) in [6.07, 6.45) is 0. The van der Waals surface area contributed by atoms with Gasteiger partial charge in [0.2, 0.25) is 11.9 Å². The number of nitrogens with zero attached hydrogens (tertiary/aromatic N) is 5. The molecule has 3 aromatic heterocycles. The molecule has 5 nitrogen and oxygen atoms in total. The van der Waals surface area contributed by atoms with Crippen LogP contribution in [0.1, 0.15) is 5.56 Å². The van der Waals surface area contributed by atoms with E-state index < -0.39 is 8.07 Å². The molecule has 6 heteroatoms. The van der Waals surface area contributed by atoms with Crippen LogP contribution in [0.2, 0.25) is 0 Å². The Morgan fingerprint density at radius 3 is 1.18 bits per heavy atom. The summed E-state index contributed by atoms with van der Waals surface area (Å²) in [5, 5.41) is 9.66. The molecular weight excluding hydrogens is 939 g/mol. The second kappa shape index (κ2) is 17.4. The maximum atomic E-state index is 5.56. The monoisotopic (exact) mass is 985 g/mol. The van der Waals surface area contributed by atoms with E-state index in [0.29, 0.717) is 17.7 Å². The minimum atomic E-state index is -3.20. The van der Waals surface area contributed by atoms with E-state index in [2.05, 4.69) is 283 Å². The molecule has 0 saturated heterocycles. The second-order valence-corrected chi connectivity index (χ2v) is 23.8. The molecule has 356 valence electrons. The highest BCUT2D eigenvalue weighted by molar-refractivity contribution is 7.20. The molecule has 0 unspecified atom stereocenters. The second-order valence-electron chi connectivity index (χ2n) is 20.0. The molecule has 1 aliphatic rings. The third-order valence-corrected chi connectivity index (χ3v) is 20.5. The van der Waals surface area contributed by atoms with Gasteiger partial charge >= 0.3 is 0 Å². The van der Waals surface area contributed by atoms with E-state index >= 15 is 0 Å². The molecule has 1 aliphatic carbocycles. The zero-order chi connectivity index (χ0) is 50.3. The lowest BCUT2D eigenvalue weighted by Crippen LogP contribution is -2.74. The number of aryl methyl sites for hydroxylation is 1. The van der Waals surface area contributed by atoms with Gasteiger partial charge in [0.25, 0.3) is 0 Å². The number of fused-ring (bicyclic) bond motifs is 14. The van der Waals surface area contributed by atoms with Gasteiger partial charge in [-0.1, -0.05) is 242 Å². The lowest BCUT2D eigenvalue weighted by molar-refractivity contribution is 0.893. The quantitative estimate of drug-likeness (QED) is 0.118. The molecular formula is C70H47N5Si. The van der Waals surface area contributed by atoms with Gasteiger partial charge < -0.3 is 0 Å². The van der Waals surface area contributed by atoms with E-state index in [0.717, 1.165) is 49.2 Å². The molecule has 0 radical (unpaired) electrons. The Morgan fingerprint density at radius 1 is 0.276 bits per heavy atom. The highest BCUT2D eigenvalue weighted by atomic mass is 28.3. The van der Waals surface area contributed by atoms with Crippen LogP contribution in [0, 0.1) is 6.92 Å².